The first-order valence-corrected chi connectivity index (χ1v) is 14.0. The molecule has 2 aliphatic heterocycles. The molecule has 5 rings (SSSR count). The van der Waals surface area contributed by atoms with Crippen LogP contribution in [0.3, 0.4) is 0 Å². The number of carbonyl (C=O) groups excluding carboxylic acids is 2. The first-order chi connectivity index (χ1) is 17.5. The summed E-state index contributed by atoms with van der Waals surface area (Å²) in [6, 6.07) is -0.0825. The Labute approximate surface area is 214 Å². The fourth-order valence-corrected chi connectivity index (χ4v) is 7.34. The van der Waals surface area contributed by atoms with Crippen LogP contribution in [0.15, 0.2) is 0 Å². The zero-order valence-corrected chi connectivity index (χ0v) is 22.1. The highest BCUT2D eigenvalue weighted by atomic mass is 16.7. The van der Waals surface area contributed by atoms with Crippen LogP contribution in [0.25, 0.3) is 0 Å². The molecule has 5 fully saturated rings. The highest BCUT2D eigenvalue weighted by molar-refractivity contribution is 5.76. The standard InChI is InChI=1S/C26H44N4O6/c1-5-22(31)28-14-11-15-20(13-19(14)33-3)36-26-16(27-15)12-21-25(24(26)29-23(32)6-2)30(34-4)17-9-7-8-10-18(17)35-21/h14-21,24-27H,5-13H2,1-4H3,(H,28,31)(H,29,32). The number of amides is 2. The van der Waals surface area contributed by atoms with Crippen LogP contribution in [0.4, 0.5) is 0 Å². The maximum Gasteiger partial charge on any atom is 0.220 e. The van der Waals surface area contributed by atoms with Crippen LogP contribution < -0.4 is 16.0 Å². The van der Waals surface area contributed by atoms with Crippen LogP contribution in [0.2, 0.25) is 0 Å². The van der Waals surface area contributed by atoms with Crippen LogP contribution in [-0.2, 0) is 28.6 Å². The van der Waals surface area contributed by atoms with E-state index < -0.39 is 0 Å². The third-order valence-corrected chi connectivity index (χ3v) is 9.08. The lowest BCUT2D eigenvalue weighted by Crippen LogP contribution is -2.78. The maximum atomic E-state index is 12.7. The second-order valence-electron chi connectivity index (χ2n) is 11.1. The van der Waals surface area contributed by atoms with Crippen LogP contribution in [0, 0.1) is 0 Å². The molecule has 0 aromatic rings. The third kappa shape index (κ3) is 4.92. The highest BCUT2D eigenvalue weighted by Gasteiger charge is 2.58. The smallest absolute Gasteiger partial charge is 0.220 e. The maximum absolute atomic E-state index is 12.7. The average Bonchev–Trinajstić information content (AvgIpc) is 2.90. The molecule has 0 bridgehead atoms. The van der Waals surface area contributed by atoms with Gasteiger partial charge in [0.05, 0.1) is 61.8 Å². The molecule has 2 amide bonds. The van der Waals surface area contributed by atoms with E-state index in [-0.39, 0.29) is 78.6 Å². The number of ether oxygens (including phenoxy) is 3. The topological polar surface area (TPSA) is 110 Å². The van der Waals surface area contributed by atoms with Gasteiger partial charge in [0.25, 0.3) is 0 Å². The van der Waals surface area contributed by atoms with Crippen LogP contribution in [0.1, 0.15) is 71.6 Å². The summed E-state index contributed by atoms with van der Waals surface area (Å²) >= 11 is 0. The Morgan fingerprint density at radius 1 is 0.917 bits per heavy atom. The predicted octanol–water partition coefficient (Wildman–Crippen LogP) is 1.02. The van der Waals surface area contributed by atoms with Gasteiger partial charge in [-0.1, -0.05) is 26.7 Å². The molecule has 0 spiro atoms. The van der Waals surface area contributed by atoms with Crippen LogP contribution in [0.5, 0.6) is 0 Å². The van der Waals surface area contributed by atoms with Gasteiger partial charge in [-0.3, -0.25) is 9.59 Å². The number of nitrogens with one attached hydrogen (secondary N) is 3. The number of morpholine rings is 2. The minimum atomic E-state index is -0.254. The summed E-state index contributed by atoms with van der Waals surface area (Å²) in [5, 5.41) is 12.4. The molecular formula is C26H44N4O6. The summed E-state index contributed by atoms with van der Waals surface area (Å²) < 4.78 is 19.4. The van der Waals surface area contributed by atoms with E-state index in [4.69, 9.17) is 19.0 Å². The summed E-state index contributed by atoms with van der Waals surface area (Å²) in [6.07, 6.45) is 7.21. The second kappa shape index (κ2) is 11.2. The lowest BCUT2D eigenvalue weighted by molar-refractivity contribution is -0.312. The minimum absolute atomic E-state index is 0.00713. The van der Waals surface area contributed by atoms with Crippen molar-refractivity contribution in [3.63, 3.8) is 0 Å². The first-order valence-electron chi connectivity index (χ1n) is 14.0. The third-order valence-electron chi connectivity index (χ3n) is 9.08. The molecular weight excluding hydrogens is 464 g/mol. The van der Waals surface area contributed by atoms with Gasteiger partial charge in [0, 0.05) is 38.5 Å². The molecule has 11 atom stereocenters. The molecule has 11 unspecified atom stereocenters. The van der Waals surface area contributed by atoms with Gasteiger partial charge in [0.2, 0.25) is 11.8 Å². The van der Waals surface area contributed by atoms with Crippen molar-refractivity contribution < 1.29 is 28.6 Å². The van der Waals surface area contributed by atoms with Gasteiger partial charge < -0.3 is 35.0 Å². The summed E-state index contributed by atoms with van der Waals surface area (Å²) in [4.78, 5) is 30.9. The minimum Gasteiger partial charge on any atom is -0.379 e. The molecule has 0 radical (unpaired) electrons. The number of methoxy groups -OCH3 is 1. The largest absolute Gasteiger partial charge is 0.379 e. The molecule has 10 nitrogen and oxygen atoms in total. The van der Waals surface area contributed by atoms with Gasteiger partial charge in [-0.2, -0.15) is 5.06 Å². The summed E-state index contributed by atoms with van der Waals surface area (Å²) in [5.41, 5.74) is 0. The number of fused-ring (bicyclic) bond motifs is 4. The molecule has 2 saturated heterocycles. The van der Waals surface area contributed by atoms with E-state index in [2.05, 4.69) is 21.0 Å². The Hall–Kier alpha value is -1.30. The van der Waals surface area contributed by atoms with Crippen LogP contribution >= 0.6 is 0 Å². The number of rotatable bonds is 6. The SMILES string of the molecule is CCC(=O)NC1CC2NC3CC4OC5CCCCC5N(OC)C4C(NC(=O)CC)C3OC2CC1OC. The van der Waals surface area contributed by atoms with Gasteiger partial charge in [0.15, 0.2) is 0 Å². The van der Waals surface area contributed by atoms with Crippen molar-refractivity contribution >= 4 is 11.8 Å². The molecule has 3 saturated carbocycles. The molecule has 0 aromatic carbocycles. The Morgan fingerprint density at radius 3 is 2.39 bits per heavy atom. The number of carbonyl (C=O) groups is 2. The molecule has 36 heavy (non-hydrogen) atoms. The lowest BCUT2D eigenvalue weighted by Gasteiger charge is -2.60. The fourth-order valence-electron chi connectivity index (χ4n) is 7.34. The first kappa shape index (κ1) is 26.3. The van der Waals surface area contributed by atoms with E-state index in [1.54, 1.807) is 14.2 Å². The van der Waals surface area contributed by atoms with E-state index >= 15 is 0 Å². The quantitative estimate of drug-likeness (QED) is 0.488. The zero-order valence-electron chi connectivity index (χ0n) is 22.1. The van der Waals surface area contributed by atoms with E-state index in [1.807, 2.05) is 13.8 Å². The summed E-state index contributed by atoms with van der Waals surface area (Å²) in [5.74, 6) is 0.0444. The van der Waals surface area contributed by atoms with Crippen molar-refractivity contribution in [1.29, 1.82) is 0 Å². The Bertz CT molecular complexity index is 800. The summed E-state index contributed by atoms with van der Waals surface area (Å²) in [6.45, 7) is 3.74. The highest BCUT2D eigenvalue weighted by Crippen LogP contribution is 2.42. The predicted molar refractivity (Wildman–Crippen MR) is 132 cm³/mol. The van der Waals surface area contributed by atoms with Crippen LogP contribution in [-0.4, -0.2) is 97.9 Å². The Morgan fingerprint density at radius 2 is 1.67 bits per heavy atom. The van der Waals surface area contributed by atoms with Crippen molar-refractivity contribution in [3.05, 3.63) is 0 Å². The lowest BCUT2D eigenvalue weighted by atomic mass is 9.75. The summed E-state index contributed by atoms with van der Waals surface area (Å²) in [7, 11) is 3.44. The monoisotopic (exact) mass is 508 g/mol. The number of hydrogen-bond acceptors (Lipinski definition) is 8. The van der Waals surface area contributed by atoms with E-state index in [1.165, 1.54) is 6.42 Å². The number of nitrogens with zero attached hydrogens (tertiary/aromatic N) is 1. The molecule has 2 heterocycles. The Kier molecular flexibility index (Phi) is 8.19. The van der Waals surface area contributed by atoms with Crippen molar-refractivity contribution in [1.82, 2.24) is 21.0 Å². The Balaban J connectivity index is 1.39. The number of hydrogen-bond donors (Lipinski definition) is 3. The molecule has 3 aliphatic carbocycles. The molecule has 5 aliphatic rings. The normalized spacial score (nSPS) is 44.4. The van der Waals surface area contributed by atoms with Gasteiger partial charge >= 0.3 is 0 Å². The second-order valence-corrected chi connectivity index (χ2v) is 11.1. The molecule has 3 N–H and O–H groups in total. The van der Waals surface area contributed by atoms with Crippen molar-refractivity contribution in [2.45, 2.75) is 138 Å². The molecule has 10 heteroatoms. The number of hydroxylamine groups is 2. The zero-order chi connectivity index (χ0) is 25.4. The van der Waals surface area contributed by atoms with Crippen molar-refractivity contribution in [2.75, 3.05) is 14.2 Å². The molecule has 0 aromatic heterocycles. The van der Waals surface area contributed by atoms with Gasteiger partial charge in [-0.25, -0.2) is 0 Å². The van der Waals surface area contributed by atoms with Crippen molar-refractivity contribution in [2.24, 2.45) is 0 Å². The molecule has 204 valence electrons. The van der Waals surface area contributed by atoms with Gasteiger partial charge in [0.1, 0.15) is 0 Å². The van der Waals surface area contributed by atoms with E-state index in [0.717, 1.165) is 32.1 Å². The van der Waals surface area contributed by atoms with Crippen molar-refractivity contribution in [3.8, 4) is 0 Å². The average molecular weight is 509 g/mol. The van der Waals surface area contributed by atoms with Gasteiger partial charge in [-0.05, 0) is 25.7 Å². The fraction of sp³-hybridized carbons (Fsp3) is 0.923. The van der Waals surface area contributed by atoms with E-state index in [0.29, 0.717) is 19.3 Å². The van der Waals surface area contributed by atoms with Gasteiger partial charge in [-0.15, -0.1) is 0 Å². The van der Waals surface area contributed by atoms with E-state index in [9.17, 15) is 9.59 Å².